The van der Waals surface area contributed by atoms with E-state index in [0.717, 1.165) is 23.3 Å². The first-order valence-electron chi connectivity index (χ1n) is 2.42. The summed E-state index contributed by atoms with van der Waals surface area (Å²) in [4.78, 5) is 0. The van der Waals surface area contributed by atoms with Crippen molar-refractivity contribution in [2.75, 3.05) is 0 Å². The van der Waals surface area contributed by atoms with Gasteiger partial charge in [-0.05, 0) is 0 Å². The second-order valence-corrected chi connectivity index (χ2v) is 3.06. The van der Waals surface area contributed by atoms with Gasteiger partial charge in [0.05, 0.1) is 0 Å². The van der Waals surface area contributed by atoms with Crippen molar-refractivity contribution in [3.05, 3.63) is 0 Å². The predicted octanol–water partition coefficient (Wildman–Crippen LogP) is 2.87. The van der Waals surface area contributed by atoms with Gasteiger partial charge in [0.15, 0.2) is 0 Å². The van der Waals surface area contributed by atoms with Gasteiger partial charge in [0, 0.05) is 0 Å². The summed E-state index contributed by atoms with van der Waals surface area (Å²) in [6, 6.07) is 0. The van der Waals surface area contributed by atoms with E-state index in [-0.39, 0.29) is 17.0 Å². The Balaban J connectivity index is 0. The van der Waals surface area contributed by atoms with Crippen molar-refractivity contribution in [1.82, 2.24) is 0 Å². The first-order chi connectivity index (χ1) is 3.56. The van der Waals surface area contributed by atoms with Crippen LogP contribution >= 0.6 is 17.0 Å². The molecule has 0 aliphatic heterocycles. The summed E-state index contributed by atoms with van der Waals surface area (Å²) in [5, 5.41) is 0.736. The molecule has 5 heteroatoms. The van der Waals surface area contributed by atoms with Crippen LogP contribution in [0, 0.1) is 0 Å². The Morgan fingerprint density at radius 2 is 1.67 bits per heavy atom. The molecule has 0 aromatic rings. The van der Waals surface area contributed by atoms with Crippen LogP contribution in [0.3, 0.4) is 0 Å². The molecule has 0 saturated heterocycles. The Morgan fingerprint density at radius 3 is 1.78 bits per heavy atom. The van der Waals surface area contributed by atoms with Crippen molar-refractivity contribution < 1.29 is 31.5 Å². The minimum atomic E-state index is -3.93. The average Bonchev–Trinajstić information content (AvgIpc) is 1.59. The van der Waals surface area contributed by atoms with E-state index in [1.54, 1.807) is 0 Å². The maximum absolute atomic E-state index is 11.3. The summed E-state index contributed by atoms with van der Waals surface area (Å²) in [5.41, 5.74) is 0. The van der Waals surface area contributed by atoms with Gasteiger partial charge in [0.2, 0.25) is 0 Å². The summed E-state index contributed by atoms with van der Waals surface area (Å²) >= 11 is 0.968. The average molecular weight is 257 g/mol. The number of hydrogen-bond acceptors (Lipinski definition) is 0. The summed E-state index contributed by atoms with van der Waals surface area (Å²) in [5.74, 6) is 0. The Bertz CT molecular complexity index is 63.3. The Labute approximate surface area is 72.6 Å². The van der Waals surface area contributed by atoms with Crippen LogP contribution in [0.15, 0.2) is 0 Å². The molecular formula is C4H7BrF3Zn. The van der Waals surface area contributed by atoms with E-state index in [4.69, 9.17) is 0 Å². The van der Waals surface area contributed by atoms with Gasteiger partial charge < -0.3 is 0 Å². The third kappa shape index (κ3) is 12.2. The summed E-state index contributed by atoms with van der Waals surface area (Å²) in [7, 11) is 0. The van der Waals surface area contributed by atoms with Crippen LogP contribution in [0.25, 0.3) is 0 Å². The maximum atomic E-state index is 11.3. The zero-order valence-corrected chi connectivity index (χ0v) is 9.55. The van der Waals surface area contributed by atoms with E-state index in [0.29, 0.717) is 6.42 Å². The van der Waals surface area contributed by atoms with Crippen LogP contribution in [-0.4, -0.2) is 6.18 Å². The fraction of sp³-hybridized carbons (Fsp3) is 1.00. The van der Waals surface area contributed by atoms with Crippen LogP contribution in [0.5, 0.6) is 0 Å². The van der Waals surface area contributed by atoms with Gasteiger partial charge in [-0.3, -0.25) is 0 Å². The van der Waals surface area contributed by atoms with Crippen LogP contribution in [-0.2, 0) is 18.3 Å². The third-order valence-electron chi connectivity index (χ3n) is 0.710. The molecule has 0 amide bonds. The van der Waals surface area contributed by atoms with E-state index < -0.39 is 12.6 Å². The molecule has 0 heterocycles. The van der Waals surface area contributed by atoms with Gasteiger partial charge >= 0.3 is 55.5 Å². The molecule has 0 spiro atoms. The quantitative estimate of drug-likeness (QED) is 0.667. The summed E-state index contributed by atoms with van der Waals surface area (Å²) < 4.78 is 33.8. The fourth-order valence-corrected chi connectivity index (χ4v) is 0.850. The predicted molar refractivity (Wildman–Crippen MR) is 30.4 cm³/mol. The van der Waals surface area contributed by atoms with Crippen molar-refractivity contribution in [1.29, 1.82) is 0 Å². The summed E-state index contributed by atoms with van der Waals surface area (Å²) in [6.45, 7) is 0. The number of halogens is 4. The normalized spacial score (nSPS) is 10.8. The molecule has 0 unspecified atom stereocenters. The van der Waals surface area contributed by atoms with E-state index in [2.05, 4.69) is 0 Å². The van der Waals surface area contributed by atoms with Crippen LogP contribution in [0.4, 0.5) is 13.2 Å². The van der Waals surface area contributed by atoms with Gasteiger partial charge in [-0.25, -0.2) is 0 Å². The van der Waals surface area contributed by atoms with Crippen molar-refractivity contribution >= 4 is 17.0 Å². The molecule has 0 atom stereocenters. The van der Waals surface area contributed by atoms with Gasteiger partial charge in [0.25, 0.3) is 0 Å². The first kappa shape index (κ1) is 12.6. The first-order valence-corrected chi connectivity index (χ1v) is 4.52. The zero-order chi connectivity index (χ0) is 6.62. The Morgan fingerprint density at radius 1 is 1.22 bits per heavy atom. The van der Waals surface area contributed by atoms with E-state index >= 15 is 0 Å². The Hall–Kier alpha value is 0.893. The van der Waals surface area contributed by atoms with Crippen molar-refractivity contribution in [2.24, 2.45) is 0 Å². The van der Waals surface area contributed by atoms with E-state index in [1.165, 1.54) is 0 Å². The minimum absolute atomic E-state index is 0. The number of rotatable bonds is 2. The monoisotopic (exact) mass is 255 g/mol. The molecule has 0 saturated carbocycles. The molecule has 0 radical (unpaired) electrons. The molecule has 0 aliphatic rings. The molecule has 0 bridgehead atoms. The second-order valence-electron chi connectivity index (χ2n) is 1.57. The van der Waals surface area contributed by atoms with Crippen LogP contribution in [0.1, 0.15) is 12.8 Å². The topological polar surface area (TPSA) is 0 Å². The van der Waals surface area contributed by atoms with Crippen molar-refractivity contribution in [2.45, 2.75) is 24.0 Å². The molecule has 0 aromatic heterocycles. The van der Waals surface area contributed by atoms with Crippen LogP contribution in [0.2, 0.25) is 5.02 Å². The Kier molecular flexibility index (Phi) is 7.90. The fourth-order valence-electron chi connectivity index (χ4n) is 0.325. The number of alkyl halides is 3. The molecule has 53 valence electrons. The second kappa shape index (κ2) is 5.66. The van der Waals surface area contributed by atoms with Crippen molar-refractivity contribution in [3.63, 3.8) is 0 Å². The van der Waals surface area contributed by atoms with E-state index in [1.807, 2.05) is 0 Å². The summed E-state index contributed by atoms with van der Waals surface area (Å²) in [6.07, 6.45) is -4.22. The molecule has 0 N–H and O–H groups in total. The van der Waals surface area contributed by atoms with Gasteiger partial charge in [-0.1, -0.05) is 0 Å². The molecule has 9 heavy (non-hydrogen) atoms. The molecule has 0 aliphatic carbocycles. The molecule has 0 fully saturated rings. The third-order valence-corrected chi connectivity index (χ3v) is 1.76. The van der Waals surface area contributed by atoms with Gasteiger partial charge in [-0.2, -0.15) is 0 Å². The molecule has 0 rings (SSSR count). The van der Waals surface area contributed by atoms with Crippen molar-refractivity contribution in [3.8, 4) is 0 Å². The van der Waals surface area contributed by atoms with E-state index in [9.17, 15) is 13.2 Å². The molecular weight excluding hydrogens is 250 g/mol. The van der Waals surface area contributed by atoms with Gasteiger partial charge in [-0.15, -0.1) is 17.0 Å². The molecule has 0 nitrogen and oxygen atoms in total. The van der Waals surface area contributed by atoms with Crippen LogP contribution < -0.4 is 0 Å². The zero-order valence-electron chi connectivity index (χ0n) is 4.87. The standard InChI is InChI=1S/C4H6F3.BrH.Zn/c1-2-3-4(5,6)7;;/h1-3H2;1H;. The van der Waals surface area contributed by atoms with Gasteiger partial charge in [0.1, 0.15) is 0 Å². The molecule has 0 aromatic carbocycles. The number of hydrogen-bond donors (Lipinski definition) is 0. The SMILES string of the molecule is Br.FC(F)(F)CC[CH2][Zn].